The highest BCUT2D eigenvalue weighted by Gasteiger charge is 2.17. The van der Waals surface area contributed by atoms with E-state index in [9.17, 15) is 4.79 Å². The van der Waals surface area contributed by atoms with Crippen molar-refractivity contribution in [2.45, 2.75) is 32.4 Å². The average Bonchev–Trinajstić information content (AvgIpc) is 3.31. The summed E-state index contributed by atoms with van der Waals surface area (Å²) in [7, 11) is 0. The van der Waals surface area contributed by atoms with Crippen molar-refractivity contribution in [1.29, 1.82) is 0 Å². The predicted molar refractivity (Wildman–Crippen MR) is 82.6 cm³/mol. The van der Waals surface area contributed by atoms with Gasteiger partial charge in [0.05, 0.1) is 12.5 Å². The molecule has 0 atom stereocenters. The highest BCUT2D eigenvalue weighted by atomic mass is 16.3. The summed E-state index contributed by atoms with van der Waals surface area (Å²) in [5.74, 6) is 0.442. The van der Waals surface area contributed by atoms with Crippen molar-refractivity contribution in [3.05, 3.63) is 47.6 Å². The molecule has 2 N–H and O–H groups in total. The zero-order valence-electron chi connectivity index (χ0n) is 12.6. The van der Waals surface area contributed by atoms with Gasteiger partial charge in [-0.1, -0.05) is 0 Å². The van der Waals surface area contributed by atoms with E-state index in [1.54, 1.807) is 18.4 Å². The van der Waals surface area contributed by atoms with E-state index in [0.717, 1.165) is 18.5 Å². The number of furan rings is 1. The number of hydrogen-bond acceptors (Lipinski definition) is 4. The highest BCUT2D eigenvalue weighted by Crippen LogP contribution is 2.19. The van der Waals surface area contributed by atoms with Gasteiger partial charge >= 0.3 is 0 Å². The van der Waals surface area contributed by atoms with Crippen LogP contribution in [0.5, 0.6) is 0 Å². The topological polar surface area (TPSA) is 88.7 Å². The molecule has 118 valence electrons. The maximum absolute atomic E-state index is 12.2. The fraction of sp³-hybridized carbons (Fsp3) is 0.312. The molecule has 1 amide bonds. The number of aryl methyl sites for hydroxylation is 1. The van der Waals surface area contributed by atoms with Crippen LogP contribution in [0, 0.1) is 0 Å². The number of nitrogens with zero attached hydrogens (tertiary/aromatic N) is 3. The Labute approximate surface area is 132 Å². The van der Waals surface area contributed by atoms with Crippen LogP contribution >= 0.6 is 0 Å². The van der Waals surface area contributed by atoms with Crippen molar-refractivity contribution in [1.82, 2.24) is 25.3 Å². The average molecular weight is 311 g/mol. The van der Waals surface area contributed by atoms with Gasteiger partial charge in [-0.05, 0) is 31.4 Å². The van der Waals surface area contributed by atoms with Crippen molar-refractivity contribution >= 4 is 5.91 Å². The summed E-state index contributed by atoms with van der Waals surface area (Å²) >= 11 is 0. The number of hydrogen-bond donors (Lipinski definition) is 2. The molecule has 0 bridgehead atoms. The minimum atomic E-state index is -0.213. The number of nitrogens with one attached hydrogen (secondary N) is 2. The lowest BCUT2D eigenvalue weighted by molar-refractivity contribution is 0.0946. The molecule has 7 heteroatoms. The molecule has 1 aliphatic heterocycles. The first-order valence-electron chi connectivity index (χ1n) is 7.72. The lowest BCUT2D eigenvalue weighted by atomic mass is 10.1. The van der Waals surface area contributed by atoms with Crippen molar-refractivity contribution in [2.24, 2.45) is 0 Å². The molecule has 0 fully saturated rings. The Morgan fingerprint density at radius 1 is 1.43 bits per heavy atom. The Balaban J connectivity index is 1.43. The van der Waals surface area contributed by atoms with Crippen LogP contribution < -0.4 is 5.32 Å². The molecule has 1 aliphatic rings. The second kappa shape index (κ2) is 5.75. The predicted octanol–water partition coefficient (Wildman–Crippen LogP) is 2.13. The van der Waals surface area contributed by atoms with E-state index in [1.807, 2.05) is 16.9 Å². The molecule has 0 radical (unpaired) electrons. The quantitative estimate of drug-likeness (QED) is 0.772. The molecule has 3 aromatic heterocycles. The Morgan fingerprint density at radius 2 is 2.39 bits per heavy atom. The van der Waals surface area contributed by atoms with Crippen molar-refractivity contribution in [3.8, 4) is 11.5 Å². The third kappa shape index (κ3) is 2.65. The number of rotatable bonds is 4. The van der Waals surface area contributed by atoms with Crippen molar-refractivity contribution in [3.63, 3.8) is 0 Å². The lowest BCUT2D eigenvalue weighted by Crippen LogP contribution is -2.24. The van der Waals surface area contributed by atoms with Gasteiger partial charge in [0.25, 0.3) is 5.91 Å². The third-order valence-electron chi connectivity index (χ3n) is 4.11. The standard InChI is InChI=1S/C16H17N5O2/c22-16(13-8-12(19-20-13)15-5-3-7-23-15)17-9-11-10-18-21-6-2-1-4-14(11)21/h3,5,7-8,10H,1-2,4,6,9H2,(H,17,22)(H,19,20). The minimum absolute atomic E-state index is 0.213. The SMILES string of the molecule is O=C(NCc1cnn2c1CCCC2)c1cc(-c2ccco2)[nH]n1. The minimum Gasteiger partial charge on any atom is -0.463 e. The number of aromatic nitrogens is 4. The Bertz CT molecular complexity index is 816. The van der Waals surface area contributed by atoms with E-state index in [0.29, 0.717) is 23.7 Å². The van der Waals surface area contributed by atoms with E-state index >= 15 is 0 Å². The van der Waals surface area contributed by atoms with Gasteiger partial charge in [-0.3, -0.25) is 14.6 Å². The van der Waals surface area contributed by atoms with Crippen LogP contribution in [0.15, 0.2) is 35.1 Å². The molecule has 3 aromatic rings. The second-order valence-electron chi connectivity index (χ2n) is 5.62. The summed E-state index contributed by atoms with van der Waals surface area (Å²) in [5.41, 5.74) is 3.34. The van der Waals surface area contributed by atoms with E-state index in [4.69, 9.17) is 4.42 Å². The Morgan fingerprint density at radius 3 is 3.26 bits per heavy atom. The largest absolute Gasteiger partial charge is 0.463 e. The van der Waals surface area contributed by atoms with E-state index in [1.165, 1.54) is 18.5 Å². The Hall–Kier alpha value is -2.83. The van der Waals surface area contributed by atoms with Crippen molar-refractivity contribution in [2.75, 3.05) is 0 Å². The number of carbonyl (C=O) groups excluding carboxylic acids is 1. The molecule has 0 aliphatic carbocycles. The number of fused-ring (bicyclic) bond motifs is 1. The van der Waals surface area contributed by atoms with Crippen LogP contribution in [0.25, 0.3) is 11.5 Å². The molecule has 0 aromatic carbocycles. The van der Waals surface area contributed by atoms with Crippen LogP contribution in [0.2, 0.25) is 0 Å². The first-order valence-corrected chi connectivity index (χ1v) is 7.72. The molecular weight excluding hydrogens is 294 g/mol. The molecule has 0 saturated heterocycles. The number of H-pyrrole nitrogens is 1. The monoisotopic (exact) mass is 311 g/mol. The van der Waals surface area contributed by atoms with Gasteiger partial charge < -0.3 is 9.73 Å². The number of carbonyl (C=O) groups is 1. The smallest absolute Gasteiger partial charge is 0.272 e. The zero-order chi connectivity index (χ0) is 15.6. The first kappa shape index (κ1) is 13.8. The zero-order valence-corrected chi connectivity index (χ0v) is 12.6. The van der Waals surface area contributed by atoms with Gasteiger partial charge in [0, 0.05) is 30.4 Å². The molecule has 4 heterocycles. The summed E-state index contributed by atoms with van der Waals surface area (Å²) in [6.07, 6.45) is 6.80. The van der Waals surface area contributed by atoms with Gasteiger partial charge in [-0.2, -0.15) is 10.2 Å². The van der Waals surface area contributed by atoms with Crippen LogP contribution in [0.4, 0.5) is 0 Å². The van der Waals surface area contributed by atoms with E-state index < -0.39 is 0 Å². The molecular formula is C16H17N5O2. The van der Waals surface area contributed by atoms with Gasteiger partial charge in [-0.15, -0.1) is 0 Å². The molecule has 0 unspecified atom stereocenters. The fourth-order valence-electron chi connectivity index (χ4n) is 2.90. The second-order valence-corrected chi connectivity index (χ2v) is 5.62. The summed E-state index contributed by atoms with van der Waals surface area (Å²) in [4.78, 5) is 12.2. The molecule has 0 saturated carbocycles. The third-order valence-corrected chi connectivity index (χ3v) is 4.11. The summed E-state index contributed by atoms with van der Waals surface area (Å²) in [6, 6.07) is 5.29. The maximum atomic E-state index is 12.2. The molecule has 23 heavy (non-hydrogen) atoms. The van der Waals surface area contributed by atoms with Crippen LogP contribution in [0.1, 0.15) is 34.6 Å². The lowest BCUT2D eigenvalue weighted by Gasteiger charge is -2.14. The van der Waals surface area contributed by atoms with E-state index in [-0.39, 0.29) is 5.91 Å². The molecule has 0 spiro atoms. The number of aromatic amines is 1. The van der Waals surface area contributed by atoms with Crippen LogP contribution in [0.3, 0.4) is 0 Å². The maximum Gasteiger partial charge on any atom is 0.272 e. The van der Waals surface area contributed by atoms with Gasteiger partial charge in [0.15, 0.2) is 11.5 Å². The van der Waals surface area contributed by atoms with Gasteiger partial charge in [-0.25, -0.2) is 0 Å². The van der Waals surface area contributed by atoms with E-state index in [2.05, 4.69) is 20.6 Å². The van der Waals surface area contributed by atoms with Gasteiger partial charge in [0.2, 0.25) is 0 Å². The first-order chi connectivity index (χ1) is 11.3. The summed E-state index contributed by atoms with van der Waals surface area (Å²) in [6.45, 7) is 1.44. The summed E-state index contributed by atoms with van der Waals surface area (Å²) < 4.78 is 7.32. The van der Waals surface area contributed by atoms with Crippen LogP contribution in [-0.2, 0) is 19.5 Å². The van der Waals surface area contributed by atoms with Crippen LogP contribution in [-0.4, -0.2) is 25.9 Å². The molecule has 7 nitrogen and oxygen atoms in total. The van der Waals surface area contributed by atoms with Crippen molar-refractivity contribution < 1.29 is 9.21 Å². The number of amides is 1. The Kier molecular flexibility index (Phi) is 3.45. The normalized spacial score (nSPS) is 13.7. The highest BCUT2D eigenvalue weighted by molar-refractivity contribution is 5.93. The molecule has 4 rings (SSSR count). The summed E-state index contributed by atoms with van der Waals surface area (Å²) in [5, 5.41) is 14.1. The fourth-order valence-corrected chi connectivity index (χ4v) is 2.90. The van der Waals surface area contributed by atoms with Gasteiger partial charge in [0.1, 0.15) is 5.69 Å².